The Bertz CT molecular complexity index is 356. The summed E-state index contributed by atoms with van der Waals surface area (Å²) in [4.78, 5) is 11.8. The topological polar surface area (TPSA) is 41.1 Å². The fourth-order valence-electron chi connectivity index (χ4n) is 2.04. The van der Waals surface area contributed by atoms with E-state index in [4.69, 9.17) is 0 Å². The Morgan fingerprint density at radius 1 is 1.62 bits per heavy atom. The fraction of sp³-hybridized carbons (Fsp3) is 0.583. The largest absolute Gasteiger partial charge is 0.352 e. The van der Waals surface area contributed by atoms with Crippen molar-refractivity contribution in [2.45, 2.75) is 19.8 Å². The molecular formula is C12H18N2OS. The van der Waals surface area contributed by atoms with Gasteiger partial charge in [-0.2, -0.15) is 11.3 Å². The number of hydrogen-bond acceptors (Lipinski definition) is 3. The molecular weight excluding hydrogens is 220 g/mol. The molecule has 0 spiro atoms. The lowest BCUT2D eigenvalue weighted by Gasteiger charge is -2.09. The van der Waals surface area contributed by atoms with Crippen LogP contribution < -0.4 is 10.6 Å². The molecule has 1 aliphatic rings. The molecule has 1 aromatic rings. The molecule has 0 bridgehead atoms. The van der Waals surface area contributed by atoms with Crippen molar-refractivity contribution in [2.24, 2.45) is 5.92 Å². The van der Waals surface area contributed by atoms with Crippen molar-refractivity contribution in [2.75, 3.05) is 19.6 Å². The summed E-state index contributed by atoms with van der Waals surface area (Å²) in [5.41, 5.74) is 1.90. The van der Waals surface area contributed by atoms with Crippen LogP contribution in [0.25, 0.3) is 0 Å². The summed E-state index contributed by atoms with van der Waals surface area (Å²) >= 11 is 1.58. The summed E-state index contributed by atoms with van der Waals surface area (Å²) in [6.45, 7) is 5.00. The number of carbonyl (C=O) groups excluding carboxylic acids is 1. The van der Waals surface area contributed by atoms with E-state index in [0.717, 1.165) is 43.1 Å². The van der Waals surface area contributed by atoms with Crippen molar-refractivity contribution >= 4 is 17.2 Å². The monoisotopic (exact) mass is 238 g/mol. The van der Waals surface area contributed by atoms with E-state index in [1.165, 1.54) is 6.42 Å². The zero-order valence-corrected chi connectivity index (χ0v) is 10.4. The summed E-state index contributed by atoms with van der Waals surface area (Å²) in [5.74, 6) is 0.813. The van der Waals surface area contributed by atoms with Crippen LogP contribution in [-0.4, -0.2) is 25.5 Å². The Hall–Kier alpha value is -0.870. The third kappa shape index (κ3) is 2.83. The molecule has 1 saturated heterocycles. The zero-order valence-electron chi connectivity index (χ0n) is 9.58. The van der Waals surface area contributed by atoms with E-state index < -0.39 is 0 Å². The van der Waals surface area contributed by atoms with E-state index in [0.29, 0.717) is 0 Å². The maximum Gasteiger partial charge on any atom is 0.252 e. The molecule has 1 aromatic heterocycles. The smallest absolute Gasteiger partial charge is 0.252 e. The summed E-state index contributed by atoms with van der Waals surface area (Å²) < 4.78 is 0. The van der Waals surface area contributed by atoms with E-state index in [2.05, 4.69) is 10.6 Å². The molecule has 1 fully saturated rings. The number of amides is 1. The van der Waals surface area contributed by atoms with Gasteiger partial charge in [-0.15, -0.1) is 0 Å². The first kappa shape index (κ1) is 11.6. The van der Waals surface area contributed by atoms with Crippen molar-refractivity contribution in [1.29, 1.82) is 0 Å². The van der Waals surface area contributed by atoms with E-state index >= 15 is 0 Å². The lowest BCUT2D eigenvalue weighted by atomic mass is 10.1. The van der Waals surface area contributed by atoms with Crippen molar-refractivity contribution in [1.82, 2.24) is 10.6 Å². The predicted octanol–water partition coefficient (Wildman–Crippen LogP) is 1.79. The molecule has 1 aliphatic heterocycles. The molecule has 2 N–H and O–H groups in total. The number of thiophene rings is 1. The van der Waals surface area contributed by atoms with Crippen molar-refractivity contribution in [3.8, 4) is 0 Å². The van der Waals surface area contributed by atoms with Crippen molar-refractivity contribution < 1.29 is 4.79 Å². The summed E-state index contributed by atoms with van der Waals surface area (Å²) in [6, 6.07) is 0. The summed E-state index contributed by atoms with van der Waals surface area (Å²) in [7, 11) is 0. The SMILES string of the molecule is Cc1cscc1C(=O)NCCC1CCNC1. The highest BCUT2D eigenvalue weighted by Gasteiger charge is 2.15. The second-order valence-corrected chi connectivity index (χ2v) is 5.12. The predicted molar refractivity (Wildman–Crippen MR) is 67.0 cm³/mol. The zero-order chi connectivity index (χ0) is 11.4. The number of aryl methyl sites for hydroxylation is 1. The van der Waals surface area contributed by atoms with Crippen LogP contribution in [0.5, 0.6) is 0 Å². The third-order valence-corrected chi connectivity index (χ3v) is 3.96. The minimum Gasteiger partial charge on any atom is -0.352 e. The first-order valence-corrected chi connectivity index (χ1v) is 6.73. The van der Waals surface area contributed by atoms with Crippen LogP contribution in [0.3, 0.4) is 0 Å². The van der Waals surface area contributed by atoms with Crippen LogP contribution in [0.4, 0.5) is 0 Å². The van der Waals surface area contributed by atoms with Gasteiger partial charge in [0.1, 0.15) is 0 Å². The second-order valence-electron chi connectivity index (χ2n) is 4.37. The van der Waals surface area contributed by atoms with E-state index in [1.54, 1.807) is 11.3 Å². The van der Waals surface area contributed by atoms with E-state index in [1.807, 2.05) is 17.7 Å². The van der Waals surface area contributed by atoms with Gasteiger partial charge in [-0.05, 0) is 49.7 Å². The fourth-order valence-corrected chi connectivity index (χ4v) is 2.87. The first-order valence-electron chi connectivity index (χ1n) is 5.79. The Kier molecular flexibility index (Phi) is 3.96. The van der Waals surface area contributed by atoms with Crippen LogP contribution >= 0.6 is 11.3 Å². The second kappa shape index (κ2) is 5.46. The minimum absolute atomic E-state index is 0.0738. The van der Waals surface area contributed by atoms with Gasteiger partial charge in [0.2, 0.25) is 0 Å². The Balaban J connectivity index is 1.73. The molecule has 0 saturated carbocycles. The average Bonchev–Trinajstić information content (AvgIpc) is 2.88. The average molecular weight is 238 g/mol. The molecule has 3 nitrogen and oxygen atoms in total. The van der Waals surface area contributed by atoms with Gasteiger partial charge in [0.05, 0.1) is 5.56 Å². The van der Waals surface area contributed by atoms with Crippen LogP contribution in [-0.2, 0) is 0 Å². The van der Waals surface area contributed by atoms with Crippen LogP contribution in [0.15, 0.2) is 10.8 Å². The third-order valence-electron chi connectivity index (χ3n) is 3.10. The Labute approximate surface area is 100 Å². The van der Waals surface area contributed by atoms with Gasteiger partial charge >= 0.3 is 0 Å². The number of carbonyl (C=O) groups is 1. The molecule has 1 atom stereocenters. The molecule has 2 heterocycles. The number of nitrogens with one attached hydrogen (secondary N) is 2. The molecule has 0 radical (unpaired) electrons. The molecule has 16 heavy (non-hydrogen) atoms. The standard InChI is InChI=1S/C12H18N2OS/c1-9-7-16-8-11(9)12(15)14-5-3-10-2-4-13-6-10/h7-8,10,13H,2-6H2,1H3,(H,14,15). The van der Waals surface area contributed by atoms with Crippen LogP contribution in [0, 0.1) is 12.8 Å². The van der Waals surface area contributed by atoms with Gasteiger partial charge < -0.3 is 10.6 Å². The Morgan fingerprint density at radius 3 is 3.12 bits per heavy atom. The Morgan fingerprint density at radius 2 is 2.50 bits per heavy atom. The molecule has 1 unspecified atom stereocenters. The molecule has 0 aliphatic carbocycles. The maximum absolute atomic E-state index is 11.8. The highest BCUT2D eigenvalue weighted by Crippen LogP contribution is 2.14. The molecule has 88 valence electrons. The highest BCUT2D eigenvalue weighted by atomic mass is 32.1. The number of hydrogen-bond donors (Lipinski definition) is 2. The van der Waals surface area contributed by atoms with Crippen LogP contribution in [0.2, 0.25) is 0 Å². The van der Waals surface area contributed by atoms with E-state index in [9.17, 15) is 4.79 Å². The molecule has 1 amide bonds. The molecule has 2 rings (SSSR count). The van der Waals surface area contributed by atoms with Crippen molar-refractivity contribution in [3.05, 3.63) is 21.9 Å². The van der Waals surface area contributed by atoms with Gasteiger partial charge in [-0.1, -0.05) is 0 Å². The van der Waals surface area contributed by atoms with Crippen molar-refractivity contribution in [3.63, 3.8) is 0 Å². The number of rotatable bonds is 4. The summed E-state index contributed by atoms with van der Waals surface area (Å²) in [5, 5.41) is 10.3. The highest BCUT2D eigenvalue weighted by molar-refractivity contribution is 7.08. The molecule has 4 heteroatoms. The van der Waals surface area contributed by atoms with Gasteiger partial charge in [-0.3, -0.25) is 4.79 Å². The quantitative estimate of drug-likeness (QED) is 0.839. The summed E-state index contributed by atoms with van der Waals surface area (Å²) in [6.07, 6.45) is 2.33. The van der Waals surface area contributed by atoms with Gasteiger partial charge in [0.25, 0.3) is 5.91 Å². The normalized spacial score (nSPS) is 19.9. The minimum atomic E-state index is 0.0738. The van der Waals surface area contributed by atoms with Gasteiger partial charge in [0, 0.05) is 11.9 Å². The maximum atomic E-state index is 11.8. The van der Waals surface area contributed by atoms with Crippen LogP contribution in [0.1, 0.15) is 28.8 Å². The first-order chi connectivity index (χ1) is 7.77. The van der Waals surface area contributed by atoms with Gasteiger partial charge in [-0.25, -0.2) is 0 Å². The lowest BCUT2D eigenvalue weighted by Crippen LogP contribution is -2.26. The van der Waals surface area contributed by atoms with Gasteiger partial charge in [0.15, 0.2) is 0 Å². The lowest BCUT2D eigenvalue weighted by molar-refractivity contribution is 0.0951. The van der Waals surface area contributed by atoms with E-state index in [-0.39, 0.29) is 5.91 Å². The molecule has 0 aromatic carbocycles.